The van der Waals surface area contributed by atoms with E-state index in [0.29, 0.717) is 11.4 Å². The van der Waals surface area contributed by atoms with Crippen LogP contribution < -0.4 is 11.3 Å². The van der Waals surface area contributed by atoms with Gasteiger partial charge in [-0.3, -0.25) is 4.79 Å². The number of rotatable bonds is 1. The molecule has 2 aromatic heterocycles. The van der Waals surface area contributed by atoms with Crippen molar-refractivity contribution in [2.45, 2.75) is 6.92 Å². The van der Waals surface area contributed by atoms with Crippen LogP contribution in [0.3, 0.4) is 0 Å². The van der Waals surface area contributed by atoms with Gasteiger partial charge >= 0.3 is 0 Å². The van der Waals surface area contributed by atoms with E-state index in [1.807, 2.05) is 0 Å². The topological polar surface area (TPSA) is 97.5 Å². The van der Waals surface area contributed by atoms with Gasteiger partial charge in [-0.25, -0.2) is 15.0 Å². The number of nitrogens with one attached hydrogen (secondary N) is 1. The summed E-state index contributed by atoms with van der Waals surface area (Å²) in [5, 5.41) is 0. The SMILES string of the molecule is Cc1c(N)nc(-c2ncccn2)[nH]c1=O. The maximum absolute atomic E-state index is 11.4. The minimum atomic E-state index is -0.273. The quantitative estimate of drug-likeness (QED) is 0.685. The van der Waals surface area contributed by atoms with E-state index in [1.54, 1.807) is 25.4 Å². The van der Waals surface area contributed by atoms with E-state index in [1.165, 1.54) is 0 Å². The predicted molar refractivity (Wildman–Crippen MR) is 55.0 cm³/mol. The van der Waals surface area contributed by atoms with Gasteiger partial charge in [-0.2, -0.15) is 0 Å². The normalized spacial score (nSPS) is 10.2. The number of nitrogens with two attached hydrogens (primary N) is 1. The van der Waals surface area contributed by atoms with Gasteiger partial charge in [0.1, 0.15) is 5.82 Å². The zero-order valence-corrected chi connectivity index (χ0v) is 8.06. The van der Waals surface area contributed by atoms with Crippen molar-refractivity contribution in [1.29, 1.82) is 0 Å². The second-order valence-electron chi connectivity index (χ2n) is 3.00. The van der Waals surface area contributed by atoms with Gasteiger partial charge in [0.2, 0.25) is 0 Å². The van der Waals surface area contributed by atoms with Crippen molar-refractivity contribution in [1.82, 2.24) is 19.9 Å². The van der Waals surface area contributed by atoms with E-state index in [-0.39, 0.29) is 17.2 Å². The molecule has 0 aliphatic rings. The molecule has 0 spiro atoms. The lowest BCUT2D eigenvalue weighted by Gasteiger charge is -2.01. The molecule has 2 rings (SSSR count). The number of nitrogen functional groups attached to an aromatic ring is 1. The fourth-order valence-corrected chi connectivity index (χ4v) is 1.08. The van der Waals surface area contributed by atoms with E-state index in [2.05, 4.69) is 19.9 Å². The van der Waals surface area contributed by atoms with Crippen molar-refractivity contribution in [3.05, 3.63) is 34.4 Å². The molecule has 0 saturated heterocycles. The summed E-state index contributed by atoms with van der Waals surface area (Å²) in [6, 6.07) is 1.68. The Kier molecular flexibility index (Phi) is 2.17. The molecule has 3 N–H and O–H groups in total. The first-order valence-corrected chi connectivity index (χ1v) is 4.32. The van der Waals surface area contributed by atoms with Crippen molar-refractivity contribution >= 4 is 5.82 Å². The van der Waals surface area contributed by atoms with Crippen molar-refractivity contribution in [2.24, 2.45) is 0 Å². The molecule has 0 atom stereocenters. The lowest BCUT2D eigenvalue weighted by atomic mass is 10.3. The van der Waals surface area contributed by atoms with Gasteiger partial charge in [-0.05, 0) is 13.0 Å². The summed E-state index contributed by atoms with van der Waals surface area (Å²) in [4.78, 5) is 25.9. The van der Waals surface area contributed by atoms with Crippen LogP contribution in [0.1, 0.15) is 5.56 Å². The molecule has 0 amide bonds. The van der Waals surface area contributed by atoms with E-state index < -0.39 is 0 Å². The molecule has 6 heteroatoms. The van der Waals surface area contributed by atoms with Crippen molar-refractivity contribution in [3.63, 3.8) is 0 Å². The molecule has 2 heterocycles. The molecule has 0 fully saturated rings. The van der Waals surface area contributed by atoms with Crippen molar-refractivity contribution in [2.75, 3.05) is 5.73 Å². The van der Waals surface area contributed by atoms with Gasteiger partial charge in [0.15, 0.2) is 11.6 Å². The molecular formula is C9H9N5O. The van der Waals surface area contributed by atoms with Crippen LogP contribution >= 0.6 is 0 Å². The Morgan fingerprint density at radius 1 is 1.33 bits per heavy atom. The van der Waals surface area contributed by atoms with Crippen molar-refractivity contribution in [3.8, 4) is 11.6 Å². The Bertz CT molecular complexity index is 534. The highest BCUT2D eigenvalue weighted by molar-refractivity contribution is 5.48. The van der Waals surface area contributed by atoms with Crippen molar-refractivity contribution < 1.29 is 0 Å². The predicted octanol–water partition coefficient (Wildman–Crippen LogP) is 0.118. The summed E-state index contributed by atoms with van der Waals surface area (Å²) in [7, 11) is 0. The lowest BCUT2D eigenvalue weighted by molar-refractivity contribution is 1.04. The number of anilines is 1. The average Bonchev–Trinajstić information content (AvgIpc) is 2.26. The van der Waals surface area contributed by atoms with Gasteiger partial charge in [0.25, 0.3) is 5.56 Å². The summed E-state index contributed by atoms with van der Waals surface area (Å²) in [6.45, 7) is 1.61. The second-order valence-corrected chi connectivity index (χ2v) is 3.00. The number of aromatic nitrogens is 4. The molecule has 2 aromatic rings. The Morgan fingerprint density at radius 3 is 2.60 bits per heavy atom. The van der Waals surface area contributed by atoms with Crippen LogP contribution in [0.4, 0.5) is 5.82 Å². The Balaban J connectivity index is 2.61. The van der Waals surface area contributed by atoms with E-state index in [0.717, 1.165) is 0 Å². The van der Waals surface area contributed by atoms with Crippen LogP contribution in [0.2, 0.25) is 0 Å². The maximum atomic E-state index is 11.4. The fourth-order valence-electron chi connectivity index (χ4n) is 1.08. The molecule has 15 heavy (non-hydrogen) atoms. The largest absolute Gasteiger partial charge is 0.383 e. The molecular weight excluding hydrogens is 194 g/mol. The molecule has 0 saturated carbocycles. The zero-order valence-electron chi connectivity index (χ0n) is 8.06. The van der Waals surface area contributed by atoms with Gasteiger partial charge in [-0.15, -0.1) is 0 Å². The van der Waals surface area contributed by atoms with Crippen LogP contribution in [0.5, 0.6) is 0 Å². The molecule has 0 aliphatic carbocycles. The number of H-pyrrole nitrogens is 1. The minimum absolute atomic E-state index is 0.196. The Labute approximate surface area is 85.2 Å². The first-order chi connectivity index (χ1) is 7.18. The Hall–Kier alpha value is -2.24. The lowest BCUT2D eigenvalue weighted by Crippen LogP contribution is -2.16. The third-order valence-electron chi connectivity index (χ3n) is 1.97. The number of hydrogen-bond acceptors (Lipinski definition) is 5. The number of nitrogens with zero attached hydrogens (tertiary/aromatic N) is 3. The van der Waals surface area contributed by atoms with Crippen LogP contribution in [0.15, 0.2) is 23.3 Å². The molecule has 0 radical (unpaired) electrons. The molecule has 0 bridgehead atoms. The molecule has 6 nitrogen and oxygen atoms in total. The highest BCUT2D eigenvalue weighted by Crippen LogP contribution is 2.08. The third-order valence-corrected chi connectivity index (χ3v) is 1.97. The standard InChI is InChI=1S/C9H9N5O/c1-5-6(10)13-8(14-9(5)15)7-11-3-2-4-12-7/h2-4H,1H3,(H3,10,13,14,15). The summed E-state index contributed by atoms with van der Waals surface area (Å²) >= 11 is 0. The first kappa shape index (κ1) is 9.32. The number of hydrogen-bond donors (Lipinski definition) is 2. The van der Waals surface area contributed by atoms with Gasteiger partial charge < -0.3 is 10.7 Å². The third kappa shape index (κ3) is 1.69. The smallest absolute Gasteiger partial charge is 0.256 e. The summed E-state index contributed by atoms with van der Waals surface area (Å²) in [6.07, 6.45) is 3.14. The zero-order chi connectivity index (χ0) is 10.8. The van der Waals surface area contributed by atoms with Crippen LogP contribution in [0.25, 0.3) is 11.6 Å². The second kappa shape index (κ2) is 3.49. The highest BCUT2D eigenvalue weighted by atomic mass is 16.1. The van der Waals surface area contributed by atoms with E-state index >= 15 is 0 Å². The van der Waals surface area contributed by atoms with E-state index in [9.17, 15) is 4.79 Å². The average molecular weight is 203 g/mol. The van der Waals surface area contributed by atoms with Gasteiger partial charge in [0.05, 0.1) is 5.56 Å². The number of aromatic amines is 1. The monoisotopic (exact) mass is 203 g/mol. The molecule has 0 aliphatic heterocycles. The fraction of sp³-hybridized carbons (Fsp3) is 0.111. The van der Waals surface area contributed by atoms with Gasteiger partial charge in [0, 0.05) is 12.4 Å². The maximum Gasteiger partial charge on any atom is 0.256 e. The summed E-state index contributed by atoms with van der Waals surface area (Å²) in [5.74, 6) is 0.825. The van der Waals surface area contributed by atoms with E-state index in [4.69, 9.17) is 5.73 Å². The molecule has 0 unspecified atom stereocenters. The first-order valence-electron chi connectivity index (χ1n) is 4.32. The van der Waals surface area contributed by atoms with Gasteiger partial charge in [-0.1, -0.05) is 0 Å². The molecule has 76 valence electrons. The minimum Gasteiger partial charge on any atom is -0.383 e. The van der Waals surface area contributed by atoms with Crippen LogP contribution in [0, 0.1) is 6.92 Å². The molecule has 0 aromatic carbocycles. The summed E-state index contributed by atoms with van der Waals surface area (Å²) in [5.41, 5.74) is 5.70. The Morgan fingerprint density at radius 2 is 2.00 bits per heavy atom. The summed E-state index contributed by atoms with van der Waals surface area (Å²) < 4.78 is 0. The van der Waals surface area contributed by atoms with Crippen LogP contribution in [-0.2, 0) is 0 Å². The van der Waals surface area contributed by atoms with Crippen LogP contribution in [-0.4, -0.2) is 19.9 Å². The highest BCUT2D eigenvalue weighted by Gasteiger charge is 2.07.